The van der Waals surface area contributed by atoms with Crippen molar-refractivity contribution in [2.75, 3.05) is 0 Å². The summed E-state index contributed by atoms with van der Waals surface area (Å²) in [4.78, 5) is 0. The normalized spacial score (nSPS) is 0.750. The summed E-state index contributed by atoms with van der Waals surface area (Å²) in [6, 6.07) is 0. The molecule has 0 aromatic heterocycles. The van der Waals surface area contributed by atoms with Crippen molar-refractivity contribution in [3.05, 3.63) is 0 Å². The molecule has 0 amide bonds. The van der Waals surface area contributed by atoms with Gasteiger partial charge < -0.3 is 5.48 Å². The molecule has 0 radical (unpaired) electrons. The minimum absolute atomic E-state index is 0. The van der Waals surface area contributed by atoms with E-state index in [0.717, 1.165) is 0 Å². The van der Waals surface area contributed by atoms with Crippen molar-refractivity contribution >= 4 is 48.9 Å². The summed E-state index contributed by atoms with van der Waals surface area (Å²) in [5.74, 6) is 0. The molecule has 0 spiro atoms. The van der Waals surface area contributed by atoms with Gasteiger partial charge in [0, 0.05) is 0 Å². The summed E-state index contributed by atoms with van der Waals surface area (Å²) in [5.41, 5.74) is 0. The molecular weight excluding hydrogens is 350 g/mol. The van der Waals surface area contributed by atoms with Crippen LogP contribution in [0.3, 0.4) is 0 Å². The maximum absolute atomic E-state index is 8.36. The molecule has 0 fully saturated rings. The molecule has 0 heterocycles. The third kappa shape index (κ3) is 8.95. The Kier molecular flexibility index (Phi) is 81.1. The average molecular weight is 352 g/mol. The van der Waals surface area contributed by atoms with Gasteiger partial charge in [-0.3, -0.25) is 0 Å². The monoisotopic (exact) mass is 353 g/mol. The third-order valence-corrected chi connectivity index (χ3v) is 0. The third-order valence-electron chi connectivity index (χ3n) is 0. The Balaban J connectivity index is -0.00000000500. The van der Waals surface area contributed by atoms with Gasteiger partial charge in [0.05, 0.1) is 0 Å². The Morgan fingerprint density at radius 1 is 1.25 bits per heavy atom. The van der Waals surface area contributed by atoms with Gasteiger partial charge in [-0.25, -0.2) is 0 Å². The first-order valence-electron chi connectivity index (χ1n) is 0.183. The van der Waals surface area contributed by atoms with Gasteiger partial charge in [0.15, 0.2) is 0 Å². The van der Waals surface area contributed by atoms with E-state index in [0.29, 0.717) is 0 Å². The van der Waals surface area contributed by atoms with E-state index < -0.39 is 0 Å². The summed E-state index contributed by atoms with van der Waals surface area (Å²) >= 11 is 0.194. The van der Waals surface area contributed by atoms with Crippen LogP contribution in [0.5, 0.6) is 0 Å². The van der Waals surface area contributed by atoms with Crippen molar-refractivity contribution < 1.29 is 29.8 Å². The van der Waals surface area contributed by atoms with Gasteiger partial charge in [-0.1, -0.05) is 0 Å². The maximum atomic E-state index is 8.36. The zero-order valence-electron chi connectivity index (χ0n) is 2.30. The van der Waals surface area contributed by atoms with Crippen LogP contribution < -0.4 is 0 Å². The zero-order chi connectivity index (χ0) is 2.00. The molecule has 1 N–H and O–H groups in total. The van der Waals surface area contributed by atoms with Crippen LogP contribution in [0.2, 0.25) is 0 Å². The van der Waals surface area contributed by atoms with Crippen LogP contribution in [-0.2, 0) is 24.3 Å². The minimum atomic E-state index is 0. The second-order valence-electron chi connectivity index (χ2n) is 0. The van der Waals surface area contributed by atoms with Crippen LogP contribution in [0.1, 0.15) is 0 Å². The standard InChI is InChI=1S/Ba.H2O.O.Ta.H/h;1H2;;;/q+1;;;;/p-1. The van der Waals surface area contributed by atoms with Crippen molar-refractivity contribution in [1.29, 1.82) is 0 Å². The Hall–Kier alpha value is 2.07. The molecule has 0 unspecified atom stereocenters. The predicted molar refractivity (Wildman–Crippen MR) is 9.77 cm³/mol. The summed E-state index contributed by atoms with van der Waals surface area (Å²) in [5, 5.41) is 0. The molecule has 0 aliphatic carbocycles. The van der Waals surface area contributed by atoms with E-state index in [1.165, 1.54) is 0 Å². The van der Waals surface area contributed by atoms with Crippen LogP contribution in [0.25, 0.3) is 0 Å². The van der Waals surface area contributed by atoms with Crippen molar-refractivity contribution in [3.63, 3.8) is 0 Å². The summed E-state index contributed by atoms with van der Waals surface area (Å²) in [6.07, 6.45) is 0. The molecule has 0 aromatic carbocycles. The molecule has 0 aliphatic rings. The number of hydrogen-bond acceptors (Lipinski definition) is 2. The van der Waals surface area contributed by atoms with Crippen LogP contribution >= 0.6 is 0 Å². The summed E-state index contributed by atoms with van der Waals surface area (Å²) in [7, 11) is 0. The van der Waals surface area contributed by atoms with E-state index in [-0.39, 0.29) is 75.4 Å². The van der Waals surface area contributed by atoms with Crippen molar-refractivity contribution in [2.24, 2.45) is 0 Å². The number of hydrogen-bond donors (Lipinski definition) is 0. The zero-order valence-corrected chi connectivity index (χ0v) is 11.8. The topological polar surface area (TPSA) is 47.1 Å². The van der Waals surface area contributed by atoms with Gasteiger partial charge in [-0.2, -0.15) is 0 Å². The van der Waals surface area contributed by atoms with Crippen molar-refractivity contribution in [3.8, 4) is 0 Å². The van der Waals surface area contributed by atoms with E-state index >= 15 is 0 Å². The SMILES string of the molecule is [BaH+].[OH-].[O]=[Ta]. The molecular formula is H2BaO2Ta. The number of rotatable bonds is 0. The molecule has 2 nitrogen and oxygen atoms in total. The molecule has 0 aromatic rings. The molecule has 4 heavy (non-hydrogen) atoms. The van der Waals surface area contributed by atoms with Gasteiger partial charge in [0.2, 0.25) is 0 Å². The molecule has 0 rings (SSSR count). The second-order valence-corrected chi connectivity index (χ2v) is 0. The fraction of sp³-hybridized carbons (Fsp3) is 0. The van der Waals surface area contributed by atoms with Crippen molar-refractivity contribution in [1.82, 2.24) is 0 Å². The van der Waals surface area contributed by atoms with Gasteiger partial charge >= 0.3 is 73.2 Å². The fourth-order valence-corrected chi connectivity index (χ4v) is 0. The van der Waals surface area contributed by atoms with Gasteiger partial charge in [0.25, 0.3) is 0 Å². The average Bonchev–Trinajstić information content (AvgIpc) is 1.00. The second kappa shape index (κ2) is 19.6. The van der Waals surface area contributed by atoms with E-state index in [1.807, 2.05) is 0 Å². The molecule has 0 saturated heterocycles. The van der Waals surface area contributed by atoms with Crippen LogP contribution in [-0.4, -0.2) is 54.4 Å². The Morgan fingerprint density at radius 2 is 1.25 bits per heavy atom. The first kappa shape index (κ1) is 16.6. The summed E-state index contributed by atoms with van der Waals surface area (Å²) in [6.45, 7) is 0. The van der Waals surface area contributed by atoms with Crippen molar-refractivity contribution in [2.45, 2.75) is 0 Å². The van der Waals surface area contributed by atoms with E-state index in [2.05, 4.69) is 0 Å². The van der Waals surface area contributed by atoms with Crippen LogP contribution in [0.15, 0.2) is 0 Å². The summed E-state index contributed by atoms with van der Waals surface area (Å²) < 4.78 is 8.36. The predicted octanol–water partition coefficient (Wildman–Crippen LogP) is -0.947. The van der Waals surface area contributed by atoms with Gasteiger partial charge in [-0.05, 0) is 0 Å². The van der Waals surface area contributed by atoms with E-state index in [4.69, 9.17) is 3.25 Å². The molecule has 0 aliphatic heterocycles. The van der Waals surface area contributed by atoms with Gasteiger partial charge in [-0.15, -0.1) is 0 Å². The molecule has 0 saturated carbocycles. The van der Waals surface area contributed by atoms with Crippen LogP contribution in [0.4, 0.5) is 0 Å². The molecule has 0 atom stereocenters. The first-order valence-corrected chi connectivity index (χ1v) is 1.49. The fourth-order valence-electron chi connectivity index (χ4n) is 0. The van der Waals surface area contributed by atoms with Crippen LogP contribution in [0, 0.1) is 0 Å². The van der Waals surface area contributed by atoms with E-state index in [9.17, 15) is 0 Å². The first-order chi connectivity index (χ1) is 1.00. The molecule has 21 valence electrons. The van der Waals surface area contributed by atoms with E-state index in [1.54, 1.807) is 0 Å². The Labute approximate surface area is 77.0 Å². The molecule has 0 bridgehead atoms. The van der Waals surface area contributed by atoms with Gasteiger partial charge in [0.1, 0.15) is 0 Å². The Morgan fingerprint density at radius 3 is 1.25 bits per heavy atom. The molecule has 4 heteroatoms. The Bertz CT molecular complexity index is 6.00. The quantitative estimate of drug-likeness (QED) is 0.528.